The molecule has 6 heteroatoms. The molecule has 2 aromatic carbocycles. The molecule has 2 N–H and O–H groups in total. The first-order valence-corrected chi connectivity index (χ1v) is 8.88. The van der Waals surface area contributed by atoms with Crippen molar-refractivity contribution in [2.24, 2.45) is 5.10 Å². The Morgan fingerprint density at radius 2 is 1.82 bits per heavy atom. The molecule has 6 nitrogen and oxygen atoms in total. The highest BCUT2D eigenvalue weighted by atomic mass is 16.4. The van der Waals surface area contributed by atoms with Crippen LogP contribution >= 0.6 is 0 Å². The predicted molar refractivity (Wildman–Crippen MR) is 106 cm³/mol. The van der Waals surface area contributed by atoms with Gasteiger partial charge in [0, 0.05) is 5.56 Å². The van der Waals surface area contributed by atoms with Crippen LogP contribution in [-0.4, -0.2) is 23.2 Å². The second-order valence-electron chi connectivity index (χ2n) is 6.23. The number of amides is 1. The highest BCUT2D eigenvalue weighted by molar-refractivity contribution is 5.89. The topological polar surface area (TPSA) is 91.9 Å². The van der Waals surface area contributed by atoms with Gasteiger partial charge in [0.05, 0.1) is 18.2 Å². The summed E-state index contributed by atoms with van der Waals surface area (Å²) in [7, 11) is 0. The van der Waals surface area contributed by atoms with Crippen LogP contribution in [0.5, 0.6) is 0 Å². The van der Waals surface area contributed by atoms with Crippen molar-refractivity contribution in [2.75, 3.05) is 0 Å². The summed E-state index contributed by atoms with van der Waals surface area (Å²) in [6.07, 6.45) is 2.61. The molecule has 28 heavy (non-hydrogen) atoms. The lowest BCUT2D eigenvalue weighted by Crippen LogP contribution is -2.19. The number of nitrogens with one attached hydrogen (secondary N) is 1. The van der Waals surface area contributed by atoms with Crippen LogP contribution in [-0.2, 0) is 17.6 Å². The molecule has 0 atom stereocenters. The van der Waals surface area contributed by atoms with Crippen LogP contribution in [0.3, 0.4) is 0 Å². The average Bonchev–Trinajstić information content (AvgIpc) is 3.17. The molecule has 0 saturated heterocycles. The molecule has 0 aliphatic rings. The molecule has 3 aromatic rings. The van der Waals surface area contributed by atoms with Gasteiger partial charge >= 0.3 is 5.97 Å². The number of carboxylic acids is 1. The number of hydrazone groups is 1. The van der Waals surface area contributed by atoms with Crippen LogP contribution in [0.2, 0.25) is 0 Å². The van der Waals surface area contributed by atoms with E-state index in [0.717, 1.165) is 12.0 Å². The van der Waals surface area contributed by atoms with Gasteiger partial charge in [-0.05, 0) is 41.8 Å². The summed E-state index contributed by atoms with van der Waals surface area (Å²) in [5.41, 5.74) is 5.46. The highest BCUT2D eigenvalue weighted by Crippen LogP contribution is 2.22. The maximum absolute atomic E-state index is 12.0. The van der Waals surface area contributed by atoms with E-state index in [1.54, 1.807) is 24.3 Å². The molecule has 1 heterocycles. The Morgan fingerprint density at radius 3 is 2.54 bits per heavy atom. The summed E-state index contributed by atoms with van der Waals surface area (Å²) in [5.74, 6) is -0.251. The van der Waals surface area contributed by atoms with Crippen molar-refractivity contribution in [1.29, 1.82) is 0 Å². The maximum atomic E-state index is 12.0. The minimum absolute atomic E-state index is 0.184. The van der Waals surface area contributed by atoms with Gasteiger partial charge in [0.2, 0.25) is 5.91 Å². The molecule has 0 aliphatic carbocycles. The Labute approximate surface area is 162 Å². The van der Waals surface area contributed by atoms with Gasteiger partial charge in [-0.25, -0.2) is 10.2 Å². The number of benzene rings is 2. The van der Waals surface area contributed by atoms with Crippen LogP contribution in [0, 0.1) is 0 Å². The van der Waals surface area contributed by atoms with E-state index in [1.807, 2.05) is 24.3 Å². The van der Waals surface area contributed by atoms with Crippen molar-refractivity contribution in [2.45, 2.75) is 19.8 Å². The fourth-order valence-electron chi connectivity index (χ4n) is 2.67. The Bertz CT molecular complexity index is 1000. The van der Waals surface area contributed by atoms with Crippen molar-refractivity contribution < 1.29 is 19.1 Å². The molecule has 1 aromatic heterocycles. The van der Waals surface area contributed by atoms with E-state index in [0.29, 0.717) is 17.1 Å². The lowest BCUT2D eigenvalue weighted by atomic mass is 10.1. The first-order valence-electron chi connectivity index (χ1n) is 8.88. The summed E-state index contributed by atoms with van der Waals surface area (Å²) < 4.78 is 5.64. The van der Waals surface area contributed by atoms with Crippen molar-refractivity contribution in [1.82, 2.24) is 5.43 Å². The number of hydrogen-bond donors (Lipinski definition) is 2. The summed E-state index contributed by atoms with van der Waals surface area (Å²) in [4.78, 5) is 23.0. The zero-order chi connectivity index (χ0) is 19.9. The lowest BCUT2D eigenvalue weighted by Gasteiger charge is -2.02. The number of hydrogen-bond acceptors (Lipinski definition) is 4. The molecule has 0 spiro atoms. The normalized spacial score (nSPS) is 10.9. The summed E-state index contributed by atoms with van der Waals surface area (Å²) in [6.45, 7) is 2.08. The first kappa shape index (κ1) is 19.1. The van der Waals surface area contributed by atoms with Gasteiger partial charge in [0.1, 0.15) is 11.5 Å². The molecule has 142 valence electrons. The van der Waals surface area contributed by atoms with Crippen LogP contribution in [0.15, 0.2) is 70.2 Å². The Kier molecular flexibility index (Phi) is 6.01. The molecule has 0 aliphatic heterocycles. The summed E-state index contributed by atoms with van der Waals surface area (Å²) >= 11 is 0. The first-order chi connectivity index (χ1) is 13.5. The minimum Gasteiger partial charge on any atom is -0.478 e. The van der Waals surface area contributed by atoms with E-state index in [2.05, 4.69) is 17.5 Å². The molecule has 3 rings (SSSR count). The van der Waals surface area contributed by atoms with E-state index in [9.17, 15) is 9.59 Å². The number of furan rings is 1. The zero-order valence-corrected chi connectivity index (χ0v) is 15.4. The summed E-state index contributed by atoms with van der Waals surface area (Å²) in [5, 5.41) is 13.0. The van der Waals surface area contributed by atoms with Gasteiger partial charge in [-0.15, -0.1) is 0 Å². The monoisotopic (exact) mass is 376 g/mol. The second-order valence-corrected chi connectivity index (χ2v) is 6.23. The third-order valence-electron chi connectivity index (χ3n) is 4.20. The van der Waals surface area contributed by atoms with Crippen LogP contribution in [0.25, 0.3) is 11.3 Å². The van der Waals surface area contributed by atoms with Gasteiger partial charge in [-0.1, -0.05) is 43.3 Å². The predicted octanol–water partition coefficient (Wildman–Crippen LogP) is 3.90. The van der Waals surface area contributed by atoms with E-state index in [-0.39, 0.29) is 17.9 Å². The SMILES string of the molecule is CCc1ccc(CC(=O)N/N=C\c2ccc(-c3cccc(C(=O)O)c3)o2)cc1. The van der Waals surface area contributed by atoms with Gasteiger partial charge in [0.15, 0.2) is 0 Å². The maximum Gasteiger partial charge on any atom is 0.335 e. The molecule has 0 bridgehead atoms. The van der Waals surface area contributed by atoms with Gasteiger partial charge < -0.3 is 9.52 Å². The quantitative estimate of drug-likeness (QED) is 0.483. The van der Waals surface area contributed by atoms with E-state index >= 15 is 0 Å². The third-order valence-corrected chi connectivity index (χ3v) is 4.20. The lowest BCUT2D eigenvalue weighted by molar-refractivity contribution is -0.120. The van der Waals surface area contributed by atoms with Crippen molar-refractivity contribution in [3.63, 3.8) is 0 Å². The molecule has 1 amide bonds. The number of carboxylic acid groups (broad SMARTS) is 1. The number of aromatic carboxylic acids is 1. The van der Waals surface area contributed by atoms with Crippen LogP contribution in [0.1, 0.15) is 34.2 Å². The number of carbonyl (C=O) groups is 2. The number of aryl methyl sites for hydroxylation is 1. The third kappa shape index (κ3) is 4.94. The number of carbonyl (C=O) groups excluding carboxylic acids is 1. The van der Waals surface area contributed by atoms with Crippen molar-refractivity contribution in [3.05, 3.63) is 83.1 Å². The smallest absolute Gasteiger partial charge is 0.335 e. The van der Waals surface area contributed by atoms with Gasteiger partial charge in [0.25, 0.3) is 0 Å². The van der Waals surface area contributed by atoms with Crippen LogP contribution in [0.4, 0.5) is 0 Å². The van der Waals surface area contributed by atoms with Gasteiger partial charge in [-0.2, -0.15) is 5.10 Å². The van der Waals surface area contributed by atoms with Crippen LogP contribution < -0.4 is 5.43 Å². The fraction of sp³-hybridized carbons (Fsp3) is 0.136. The Hall–Kier alpha value is -3.67. The average molecular weight is 376 g/mol. The van der Waals surface area contributed by atoms with Crippen molar-refractivity contribution >= 4 is 18.1 Å². The number of rotatable bonds is 7. The minimum atomic E-state index is -0.998. The molecule has 0 unspecified atom stereocenters. The fourth-order valence-corrected chi connectivity index (χ4v) is 2.67. The van der Waals surface area contributed by atoms with E-state index < -0.39 is 5.97 Å². The zero-order valence-electron chi connectivity index (χ0n) is 15.4. The Balaban J connectivity index is 1.58. The molecule has 0 fully saturated rings. The standard InChI is InChI=1S/C22H20N2O4/c1-2-15-6-8-16(9-7-15)12-21(25)24-23-14-19-10-11-20(28-19)17-4-3-5-18(13-17)22(26)27/h3-11,13-14H,2,12H2,1H3,(H,24,25)(H,26,27)/b23-14-. The van der Waals surface area contributed by atoms with Gasteiger partial charge in [-0.3, -0.25) is 4.79 Å². The molecule has 0 radical (unpaired) electrons. The molecular formula is C22H20N2O4. The summed E-state index contributed by atoms with van der Waals surface area (Å²) in [6, 6.07) is 17.8. The highest BCUT2D eigenvalue weighted by Gasteiger charge is 2.08. The molecular weight excluding hydrogens is 356 g/mol. The van der Waals surface area contributed by atoms with E-state index in [1.165, 1.54) is 23.9 Å². The Morgan fingerprint density at radius 1 is 1.07 bits per heavy atom. The van der Waals surface area contributed by atoms with Crippen molar-refractivity contribution in [3.8, 4) is 11.3 Å². The largest absolute Gasteiger partial charge is 0.478 e. The van der Waals surface area contributed by atoms with E-state index in [4.69, 9.17) is 9.52 Å². The molecule has 0 saturated carbocycles. The number of nitrogens with zero attached hydrogens (tertiary/aromatic N) is 1. The second kappa shape index (κ2) is 8.81.